The molecule has 0 unspecified atom stereocenters. The van der Waals surface area contributed by atoms with E-state index < -0.39 is 0 Å². The second-order valence-corrected chi connectivity index (χ2v) is 4.79. The molecule has 0 radical (unpaired) electrons. The molecule has 0 aliphatic carbocycles. The minimum Gasteiger partial charge on any atom is -0.398 e. The van der Waals surface area contributed by atoms with E-state index in [-0.39, 0.29) is 5.91 Å². The number of anilines is 1. The zero-order chi connectivity index (χ0) is 13.7. The number of hydrogen-bond acceptors (Lipinski definition) is 4. The number of aromatic nitrogens is 3. The molecule has 0 aliphatic heterocycles. The Hall–Kier alpha value is -1.89. The van der Waals surface area contributed by atoms with Gasteiger partial charge in [-0.05, 0) is 34.5 Å². The van der Waals surface area contributed by atoms with Crippen molar-refractivity contribution in [3.05, 3.63) is 40.4 Å². The minimum absolute atomic E-state index is 0.142. The highest BCUT2D eigenvalue weighted by molar-refractivity contribution is 9.10. The second kappa shape index (κ2) is 6.33. The van der Waals surface area contributed by atoms with E-state index in [9.17, 15) is 4.79 Å². The van der Waals surface area contributed by atoms with Gasteiger partial charge in [-0.3, -0.25) is 9.89 Å². The molecule has 0 saturated carbocycles. The average Bonchev–Trinajstić information content (AvgIpc) is 2.91. The Balaban J connectivity index is 1.83. The Morgan fingerprint density at radius 2 is 2.32 bits per heavy atom. The number of rotatable bonds is 5. The highest BCUT2D eigenvalue weighted by Gasteiger charge is 2.10. The van der Waals surface area contributed by atoms with Crippen molar-refractivity contribution in [1.29, 1.82) is 0 Å². The lowest BCUT2D eigenvalue weighted by atomic mass is 10.2. The van der Waals surface area contributed by atoms with E-state index in [1.165, 1.54) is 6.33 Å². The van der Waals surface area contributed by atoms with Crippen molar-refractivity contribution in [1.82, 2.24) is 20.5 Å². The van der Waals surface area contributed by atoms with Gasteiger partial charge in [-0.2, -0.15) is 5.10 Å². The molecule has 19 heavy (non-hydrogen) atoms. The maximum Gasteiger partial charge on any atom is 0.252 e. The van der Waals surface area contributed by atoms with Crippen LogP contribution in [0.3, 0.4) is 0 Å². The second-order valence-electron chi connectivity index (χ2n) is 4.00. The van der Waals surface area contributed by atoms with Crippen molar-refractivity contribution < 1.29 is 4.79 Å². The predicted octanol–water partition coefficient (Wildman–Crippen LogP) is 1.51. The van der Waals surface area contributed by atoms with Crippen molar-refractivity contribution >= 4 is 27.5 Å². The lowest BCUT2D eigenvalue weighted by Gasteiger charge is -2.07. The van der Waals surface area contributed by atoms with Crippen molar-refractivity contribution in [2.45, 2.75) is 12.8 Å². The van der Waals surface area contributed by atoms with E-state index in [0.717, 1.165) is 18.7 Å². The number of aryl methyl sites for hydroxylation is 1. The van der Waals surface area contributed by atoms with Crippen LogP contribution < -0.4 is 11.1 Å². The topological polar surface area (TPSA) is 96.7 Å². The van der Waals surface area contributed by atoms with Gasteiger partial charge >= 0.3 is 0 Å². The van der Waals surface area contributed by atoms with Gasteiger partial charge in [-0.1, -0.05) is 6.07 Å². The number of carbonyl (C=O) groups excluding carboxylic acids is 1. The quantitative estimate of drug-likeness (QED) is 0.574. The molecule has 1 amide bonds. The van der Waals surface area contributed by atoms with Crippen molar-refractivity contribution in [2.75, 3.05) is 12.3 Å². The largest absolute Gasteiger partial charge is 0.398 e. The monoisotopic (exact) mass is 323 g/mol. The zero-order valence-corrected chi connectivity index (χ0v) is 11.8. The normalized spacial score (nSPS) is 10.4. The molecule has 4 N–H and O–H groups in total. The molecule has 100 valence electrons. The molecule has 1 heterocycles. The van der Waals surface area contributed by atoms with Crippen molar-refractivity contribution in [2.24, 2.45) is 0 Å². The Morgan fingerprint density at radius 1 is 1.47 bits per heavy atom. The Labute approximate surface area is 118 Å². The summed E-state index contributed by atoms with van der Waals surface area (Å²) in [5, 5.41) is 9.38. The van der Waals surface area contributed by atoms with Gasteiger partial charge in [0.15, 0.2) is 0 Å². The van der Waals surface area contributed by atoms with Crippen LogP contribution >= 0.6 is 15.9 Å². The summed E-state index contributed by atoms with van der Waals surface area (Å²) in [5.74, 6) is 0.677. The number of nitrogens with one attached hydrogen (secondary N) is 2. The predicted molar refractivity (Wildman–Crippen MR) is 75.6 cm³/mol. The SMILES string of the molecule is Nc1cccc(C(=O)NCCCc2ncn[nH]2)c1Br. The standard InChI is InChI=1S/C12H14BrN5O/c13-11-8(3-1-4-9(11)14)12(19)15-6-2-5-10-16-7-17-18-10/h1,3-4,7H,2,5-6,14H2,(H,15,19)(H,16,17,18). The minimum atomic E-state index is -0.142. The van der Waals surface area contributed by atoms with Gasteiger partial charge in [0.1, 0.15) is 12.2 Å². The van der Waals surface area contributed by atoms with Gasteiger partial charge in [-0.25, -0.2) is 4.98 Å². The first-order valence-electron chi connectivity index (χ1n) is 5.85. The number of H-pyrrole nitrogens is 1. The molecule has 7 heteroatoms. The third-order valence-corrected chi connectivity index (χ3v) is 3.50. The average molecular weight is 324 g/mol. The van der Waals surface area contributed by atoms with Gasteiger partial charge in [-0.15, -0.1) is 0 Å². The summed E-state index contributed by atoms with van der Waals surface area (Å²) in [5.41, 5.74) is 6.82. The number of nitrogens with zero attached hydrogens (tertiary/aromatic N) is 2. The third-order valence-electron chi connectivity index (χ3n) is 2.61. The Kier molecular flexibility index (Phi) is 4.51. The summed E-state index contributed by atoms with van der Waals surface area (Å²) in [6, 6.07) is 5.22. The Morgan fingerprint density at radius 3 is 3.05 bits per heavy atom. The fraction of sp³-hybridized carbons (Fsp3) is 0.250. The molecule has 0 aliphatic rings. The molecule has 1 aromatic heterocycles. The van der Waals surface area contributed by atoms with Crippen molar-refractivity contribution in [3.8, 4) is 0 Å². The molecular formula is C12H14BrN5O. The van der Waals surface area contributed by atoms with Crippen LogP contribution in [0.25, 0.3) is 0 Å². The summed E-state index contributed by atoms with van der Waals surface area (Å²) < 4.78 is 0.628. The van der Waals surface area contributed by atoms with Gasteiger partial charge in [0.05, 0.1) is 10.0 Å². The molecule has 0 saturated heterocycles. The number of hydrogen-bond donors (Lipinski definition) is 3. The van der Waals surface area contributed by atoms with Crippen molar-refractivity contribution in [3.63, 3.8) is 0 Å². The van der Waals surface area contributed by atoms with E-state index in [1.54, 1.807) is 18.2 Å². The van der Waals surface area contributed by atoms with E-state index in [4.69, 9.17) is 5.73 Å². The fourth-order valence-corrected chi connectivity index (χ4v) is 2.07. The first-order valence-corrected chi connectivity index (χ1v) is 6.64. The molecule has 2 rings (SSSR count). The smallest absolute Gasteiger partial charge is 0.252 e. The van der Waals surface area contributed by atoms with Crippen LogP contribution in [0, 0.1) is 0 Å². The van der Waals surface area contributed by atoms with E-state index in [2.05, 4.69) is 36.4 Å². The first-order chi connectivity index (χ1) is 9.18. The van der Waals surface area contributed by atoms with Gasteiger partial charge in [0, 0.05) is 18.7 Å². The number of nitrogen functional groups attached to an aromatic ring is 1. The maximum atomic E-state index is 11.9. The van der Waals surface area contributed by atoms with Crippen LogP contribution in [0.5, 0.6) is 0 Å². The molecule has 0 atom stereocenters. The fourth-order valence-electron chi connectivity index (χ4n) is 1.63. The number of carbonyl (C=O) groups is 1. The molecule has 6 nitrogen and oxygen atoms in total. The highest BCUT2D eigenvalue weighted by Crippen LogP contribution is 2.23. The van der Waals surface area contributed by atoms with Gasteiger partial charge < -0.3 is 11.1 Å². The van der Waals surface area contributed by atoms with E-state index in [1.807, 2.05) is 0 Å². The van der Waals surface area contributed by atoms with Crippen LogP contribution in [-0.4, -0.2) is 27.6 Å². The van der Waals surface area contributed by atoms with Crippen LogP contribution in [0.2, 0.25) is 0 Å². The third kappa shape index (κ3) is 3.54. The van der Waals surface area contributed by atoms with Crippen LogP contribution in [0.1, 0.15) is 22.6 Å². The summed E-state index contributed by atoms with van der Waals surface area (Å²) in [6.45, 7) is 0.570. The van der Waals surface area contributed by atoms with Crippen LogP contribution in [0.4, 0.5) is 5.69 Å². The first kappa shape index (κ1) is 13.5. The molecule has 0 bridgehead atoms. The maximum absolute atomic E-state index is 11.9. The number of amides is 1. The molecular weight excluding hydrogens is 310 g/mol. The van der Waals surface area contributed by atoms with Gasteiger partial charge in [0.25, 0.3) is 5.91 Å². The highest BCUT2D eigenvalue weighted by atomic mass is 79.9. The molecule has 2 aromatic rings. The summed E-state index contributed by atoms with van der Waals surface area (Å²) in [4.78, 5) is 16.0. The summed E-state index contributed by atoms with van der Waals surface area (Å²) in [6.07, 6.45) is 3.01. The van der Waals surface area contributed by atoms with Crippen LogP contribution in [-0.2, 0) is 6.42 Å². The molecule has 0 fully saturated rings. The Bertz CT molecular complexity index is 555. The van der Waals surface area contributed by atoms with E-state index >= 15 is 0 Å². The molecule has 0 spiro atoms. The summed E-state index contributed by atoms with van der Waals surface area (Å²) >= 11 is 3.31. The lowest BCUT2D eigenvalue weighted by Crippen LogP contribution is -2.25. The van der Waals surface area contributed by atoms with E-state index in [0.29, 0.717) is 22.3 Å². The lowest BCUT2D eigenvalue weighted by molar-refractivity contribution is 0.0952. The van der Waals surface area contributed by atoms with Crippen LogP contribution in [0.15, 0.2) is 29.0 Å². The number of benzene rings is 1. The number of nitrogens with two attached hydrogens (primary N) is 1. The number of aromatic amines is 1. The zero-order valence-electron chi connectivity index (χ0n) is 10.2. The number of halogens is 1. The molecule has 1 aromatic carbocycles. The van der Waals surface area contributed by atoms with Gasteiger partial charge in [0.2, 0.25) is 0 Å². The summed E-state index contributed by atoms with van der Waals surface area (Å²) in [7, 11) is 0.